The van der Waals surface area contributed by atoms with E-state index in [0.717, 1.165) is 37.2 Å². The Hall–Kier alpha value is -3.35. The summed E-state index contributed by atoms with van der Waals surface area (Å²) in [5.41, 5.74) is 1.79. The highest BCUT2D eigenvalue weighted by Gasteiger charge is 2.20. The van der Waals surface area contributed by atoms with Crippen molar-refractivity contribution in [3.63, 3.8) is 0 Å². The fourth-order valence-electron chi connectivity index (χ4n) is 3.16. The Bertz CT molecular complexity index is 971. The molecule has 5 nitrogen and oxygen atoms in total. The van der Waals surface area contributed by atoms with Crippen molar-refractivity contribution < 1.29 is 13.6 Å². The van der Waals surface area contributed by atoms with Crippen molar-refractivity contribution in [2.75, 3.05) is 16.8 Å². The normalized spacial score (nSPS) is 13.2. The number of anilines is 3. The van der Waals surface area contributed by atoms with Crippen molar-refractivity contribution in [2.45, 2.75) is 12.8 Å². The first kappa shape index (κ1) is 17.1. The van der Waals surface area contributed by atoms with Crippen LogP contribution in [0.1, 0.15) is 22.5 Å². The quantitative estimate of drug-likeness (QED) is 0.758. The minimum atomic E-state index is -0.849. The van der Waals surface area contributed by atoms with Gasteiger partial charge in [-0.3, -0.25) is 4.79 Å². The van der Waals surface area contributed by atoms with Gasteiger partial charge in [-0.15, -0.1) is 10.2 Å². The third-order valence-electron chi connectivity index (χ3n) is 4.47. The van der Waals surface area contributed by atoms with E-state index in [1.54, 1.807) is 6.07 Å². The van der Waals surface area contributed by atoms with Crippen LogP contribution < -0.4 is 10.2 Å². The molecule has 0 fully saturated rings. The van der Waals surface area contributed by atoms with Crippen LogP contribution in [-0.2, 0) is 6.42 Å². The highest BCUT2D eigenvalue weighted by molar-refractivity contribution is 6.03. The molecule has 0 saturated heterocycles. The standard InChI is InChI=1S/C20H16F2N4O/c21-14-7-3-8-15(22)19(14)23-20(27)16-10-11-18(25-24-16)26-12-4-6-13-5-1-2-9-17(13)26/h1-3,5,7-11H,4,6,12H2,(H,23,27). The zero-order valence-corrected chi connectivity index (χ0v) is 14.3. The first-order valence-electron chi connectivity index (χ1n) is 8.58. The lowest BCUT2D eigenvalue weighted by atomic mass is 10.0. The molecule has 4 rings (SSSR count). The number of benzene rings is 2. The molecule has 0 radical (unpaired) electrons. The topological polar surface area (TPSA) is 58.1 Å². The summed E-state index contributed by atoms with van der Waals surface area (Å²) >= 11 is 0. The van der Waals surface area contributed by atoms with Gasteiger partial charge in [0.05, 0.1) is 0 Å². The second kappa shape index (κ2) is 7.11. The maximum absolute atomic E-state index is 13.7. The van der Waals surface area contributed by atoms with Gasteiger partial charge in [-0.1, -0.05) is 24.3 Å². The molecule has 0 spiro atoms. The lowest BCUT2D eigenvalue weighted by Gasteiger charge is -2.29. The molecule has 7 heteroatoms. The van der Waals surface area contributed by atoms with E-state index in [1.165, 1.54) is 17.7 Å². The summed E-state index contributed by atoms with van der Waals surface area (Å²) in [6.45, 7) is 0.803. The smallest absolute Gasteiger partial charge is 0.276 e. The van der Waals surface area contributed by atoms with Gasteiger partial charge < -0.3 is 10.2 Å². The Kier molecular flexibility index (Phi) is 4.50. The first-order chi connectivity index (χ1) is 13.1. The Labute approximate surface area is 154 Å². The van der Waals surface area contributed by atoms with Crippen molar-refractivity contribution in [1.29, 1.82) is 0 Å². The second-order valence-corrected chi connectivity index (χ2v) is 6.21. The summed E-state index contributed by atoms with van der Waals surface area (Å²) < 4.78 is 27.4. The molecule has 0 aliphatic carbocycles. The number of halogens is 2. The van der Waals surface area contributed by atoms with Crippen molar-refractivity contribution in [3.8, 4) is 0 Å². The van der Waals surface area contributed by atoms with Crippen molar-refractivity contribution in [1.82, 2.24) is 10.2 Å². The SMILES string of the molecule is O=C(Nc1c(F)cccc1F)c1ccc(N2CCCc3ccccc32)nn1. The predicted molar refractivity (Wildman–Crippen MR) is 98.1 cm³/mol. The Balaban J connectivity index is 1.56. The molecule has 0 bridgehead atoms. The van der Waals surface area contributed by atoms with Crippen molar-refractivity contribution in [2.24, 2.45) is 0 Å². The van der Waals surface area contributed by atoms with Gasteiger partial charge in [0.1, 0.15) is 17.3 Å². The highest BCUT2D eigenvalue weighted by atomic mass is 19.1. The molecule has 1 aliphatic heterocycles. The summed E-state index contributed by atoms with van der Waals surface area (Å²) in [5, 5.41) is 10.3. The fourth-order valence-corrected chi connectivity index (χ4v) is 3.16. The Morgan fingerprint density at radius 1 is 0.963 bits per heavy atom. The van der Waals surface area contributed by atoms with E-state index in [4.69, 9.17) is 0 Å². The summed E-state index contributed by atoms with van der Waals surface area (Å²) in [6, 6.07) is 14.6. The first-order valence-corrected chi connectivity index (χ1v) is 8.58. The number of carbonyl (C=O) groups excluding carboxylic acids is 1. The molecule has 136 valence electrons. The van der Waals surface area contributed by atoms with E-state index in [-0.39, 0.29) is 5.69 Å². The molecule has 0 atom stereocenters. The Morgan fingerprint density at radius 3 is 2.48 bits per heavy atom. The maximum atomic E-state index is 13.7. The molecular weight excluding hydrogens is 350 g/mol. The minimum Gasteiger partial charge on any atom is -0.325 e. The van der Waals surface area contributed by atoms with E-state index < -0.39 is 23.2 Å². The van der Waals surface area contributed by atoms with E-state index >= 15 is 0 Å². The van der Waals surface area contributed by atoms with Crippen LogP contribution in [0.5, 0.6) is 0 Å². The van der Waals surface area contributed by atoms with Gasteiger partial charge in [-0.05, 0) is 48.7 Å². The molecule has 1 N–H and O–H groups in total. The molecule has 1 aromatic heterocycles. The molecule has 3 aromatic rings. The molecule has 1 aliphatic rings. The van der Waals surface area contributed by atoms with E-state index in [1.807, 2.05) is 23.1 Å². The number of carbonyl (C=O) groups is 1. The van der Waals surface area contributed by atoms with Crippen LogP contribution in [0.2, 0.25) is 0 Å². The van der Waals surface area contributed by atoms with Crippen molar-refractivity contribution >= 4 is 23.1 Å². The van der Waals surface area contributed by atoms with Crippen LogP contribution in [-0.4, -0.2) is 22.6 Å². The summed E-state index contributed by atoms with van der Waals surface area (Å²) in [7, 11) is 0. The molecule has 27 heavy (non-hydrogen) atoms. The lowest BCUT2D eigenvalue weighted by Crippen LogP contribution is -2.26. The monoisotopic (exact) mass is 366 g/mol. The number of nitrogens with zero attached hydrogens (tertiary/aromatic N) is 3. The number of hydrogen-bond donors (Lipinski definition) is 1. The average Bonchev–Trinajstić information content (AvgIpc) is 2.70. The Morgan fingerprint density at radius 2 is 1.74 bits per heavy atom. The van der Waals surface area contributed by atoms with Gasteiger partial charge in [0.2, 0.25) is 0 Å². The van der Waals surface area contributed by atoms with Gasteiger partial charge in [-0.2, -0.15) is 0 Å². The number of rotatable bonds is 3. The number of fused-ring (bicyclic) bond motifs is 1. The van der Waals surface area contributed by atoms with Crippen LogP contribution in [0, 0.1) is 11.6 Å². The largest absolute Gasteiger partial charge is 0.325 e. The van der Waals surface area contributed by atoms with Crippen molar-refractivity contribution in [3.05, 3.63) is 77.5 Å². The number of para-hydroxylation sites is 2. The predicted octanol–water partition coefficient (Wildman–Crippen LogP) is 4.09. The minimum absolute atomic E-state index is 0.0216. The summed E-state index contributed by atoms with van der Waals surface area (Å²) in [4.78, 5) is 14.3. The number of nitrogens with one attached hydrogen (secondary N) is 1. The van der Waals surface area contributed by atoms with Crippen LogP contribution in [0.4, 0.5) is 26.0 Å². The van der Waals surface area contributed by atoms with Crippen LogP contribution in [0.25, 0.3) is 0 Å². The third-order valence-corrected chi connectivity index (χ3v) is 4.47. The third kappa shape index (κ3) is 3.36. The average molecular weight is 366 g/mol. The molecule has 2 heterocycles. The van der Waals surface area contributed by atoms with E-state index in [0.29, 0.717) is 5.82 Å². The van der Waals surface area contributed by atoms with Gasteiger partial charge in [0.25, 0.3) is 5.91 Å². The highest BCUT2D eigenvalue weighted by Crippen LogP contribution is 2.31. The van der Waals surface area contributed by atoms with Crippen LogP contribution in [0.3, 0.4) is 0 Å². The number of aromatic nitrogens is 2. The molecule has 0 unspecified atom stereocenters. The van der Waals surface area contributed by atoms with E-state index in [2.05, 4.69) is 21.6 Å². The van der Waals surface area contributed by atoms with Gasteiger partial charge in [-0.25, -0.2) is 8.78 Å². The molecule has 1 amide bonds. The number of aryl methyl sites for hydroxylation is 1. The van der Waals surface area contributed by atoms with E-state index in [9.17, 15) is 13.6 Å². The second-order valence-electron chi connectivity index (χ2n) is 6.21. The van der Waals surface area contributed by atoms with Gasteiger partial charge in [0.15, 0.2) is 11.5 Å². The maximum Gasteiger partial charge on any atom is 0.276 e. The van der Waals surface area contributed by atoms with Gasteiger partial charge >= 0.3 is 0 Å². The summed E-state index contributed by atoms with van der Waals surface area (Å²) in [6.07, 6.45) is 2.00. The van der Waals surface area contributed by atoms with Gasteiger partial charge in [0, 0.05) is 12.2 Å². The van der Waals surface area contributed by atoms with Crippen LogP contribution >= 0.6 is 0 Å². The fraction of sp³-hybridized carbons (Fsp3) is 0.150. The van der Waals surface area contributed by atoms with Crippen LogP contribution in [0.15, 0.2) is 54.6 Å². The zero-order chi connectivity index (χ0) is 18.8. The zero-order valence-electron chi connectivity index (χ0n) is 14.3. The lowest BCUT2D eigenvalue weighted by molar-refractivity contribution is 0.102. The number of amides is 1. The molecule has 2 aromatic carbocycles. The molecule has 0 saturated carbocycles. The number of hydrogen-bond acceptors (Lipinski definition) is 4. The molecular formula is C20H16F2N4O. The summed E-state index contributed by atoms with van der Waals surface area (Å²) in [5.74, 6) is -1.80.